The Morgan fingerprint density at radius 2 is 1.58 bits per heavy atom. The number of hydrogen-bond donors (Lipinski definition) is 4. The van der Waals surface area contributed by atoms with Crippen molar-refractivity contribution in [2.75, 3.05) is 13.2 Å². The van der Waals surface area contributed by atoms with Crippen molar-refractivity contribution in [1.29, 1.82) is 0 Å². The number of carbonyl (C=O) groups is 2. The first-order valence-electron chi connectivity index (χ1n) is 7.65. The van der Waals surface area contributed by atoms with Crippen molar-refractivity contribution in [2.45, 2.75) is 12.6 Å². The van der Waals surface area contributed by atoms with E-state index in [4.69, 9.17) is 36.1 Å². The van der Waals surface area contributed by atoms with E-state index in [0.717, 1.165) is 16.3 Å². The van der Waals surface area contributed by atoms with E-state index in [2.05, 4.69) is 5.32 Å². The average Bonchev–Trinajstić information content (AvgIpc) is 2.63. The van der Waals surface area contributed by atoms with Crippen molar-refractivity contribution in [3.63, 3.8) is 0 Å². The fraction of sp³-hybridized carbons (Fsp3) is 0.222. The van der Waals surface area contributed by atoms with Gasteiger partial charge in [-0.2, -0.15) is 0 Å². The Bertz CT molecular complexity index is 666. The molecule has 0 heterocycles. The molecule has 0 saturated carbocycles. The number of halogens is 1. The Kier molecular flexibility index (Phi) is 9.78. The Hall–Kier alpha value is -2.61. The molecular formula is C18H20ClNO6. The predicted octanol–water partition coefficient (Wildman–Crippen LogP) is 2.03. The van der Waals surface area contributed by atoms with E-state index in [0.29, 0.717) is 13.1 Å². The fourth-order valence-corrected chi connectivity index (χ4v) is 1.88. The molecule has 140 valence electrons. The normalized spacial score (nSPS) is 11.0. The summed E-state index contributed by atoms with van der Waals surface area (Å²) in [6, 6.07) is 17.1. The Labute approximate surface area is 155 Å². The van der Waals surface area contributed by atoms with Gasteiger partial charge in [-0.3, -0.25) is 0 Å². The molecule has 2 aromatic carbocycles. The van der Waals surface area contributed by atoms with E-state index in [9.17, 15) is 5.11 Å². The van der Waals surface area contributed by atoms with Crippen LogP contribution in [-0.2, 0) is 16.1 Å². The number of aliphatic hydroxyl groups is 1. The third-order valence-corrected chi connectivity index (χ3v) is 3.24. The van der Waals surface area contributed by atoms with E-state index >= 15 is 0 Å². The number of nitrogens with one attached hydrogen (secondary N) is 1. The molecule has 0 bridgehead atoms. The molecule has 0 aromatic heterocycles. The molecule has 0 amide bonds. The first-order chi connectivity index (χ1) is 12.4. The van der Waals surface area contributed by atoms with Gasteiger partial charge in [0.2, 0.25) is 0 Å². The maximum Gasteiger partial charge on any atom is 0.414 e. The summed E-state index contributed by atoms with van der Waals surface area (Å²) in [5.74, 6) is -2.88. The lowest BCUT2D eigenvalue weighted by atomic mass is 10.2. The topological polar surface area (TPSA) is 116 Å². The molecule has 0 saturated heterocycles. The first-order valence-corrected chi connectivity index (χ1v) is 8.03. The van der Waals surface area contributed by atoms with Crippen LogP contribution in [0.25, 0.3) is 0 Å². The van der Waals surface area contributed by atoms with Crippen molar-refractivity contribution in [2.24, 2.45) is 0 Å². The molecule has 1 atom stereocenters. The number of carboxylic acids is 2. The van der Waals surface area contributed by atoms with Crippen molar-refractivity contribution in [1.82, 2.24) is 5.32 Å². The van der Waals surface area contributed by atoms with Crippen LogP contribution in [0.3, 0.4) is 0 Å². The molecular weight excluding hydrogens is 362 g/mol. The van der Waals surface area contributed by atoms with Crippen molar-refractivity contribution < 1.29 is 29.6 Å². The molecule has 2 aromatic rings. The van der Waals surface area contributed by atoms with Gasteiger partial charge in [-0.15, -0.1) is 0 Å². The number of aliphatic carboxylic acids is 2. The van der Waals surface area contributed by atoms with Gasteiger partial charge in [0.15, 0.2) is 0 Å². The smallest absolute Gasteiger partial charge is 0.414 e. The highest BCUT2D eigenvalue weighted by atomic mass is 35.5. The Morgan fingerprint density at radius 1 is 1.00 bits per heavy atom. The van der Waals surface area contributed by atoms with Crippen molar-refractivity contribution in [3.8, 4) is 5.75 Å². The van der Waals surface area contributed by atoms with Gasteiger partial charge in [0.25, 0.3) is 0 Å². The van der Waals surface area contributed by atoms with Gasteiger partial charge >= 0.3 is 11.9 Å². The van der Waals surface area contributed by atoms with Gasteiger partial charge in [-0.05, 0) is 29.8 Å². The Morgan fingerprint density at radius 3 is 2.12 bits per heavy atom. The van der Waals surface area contributed by atoms with Crippen LogP contribution in [-0.4, -0.2) is 46.5 Å². The lowest BCUT2D eigenvalue weighted by Gasteiger charge is -2.13. The fourth-order valence-electron chi connectivity index (χ4n) is 1.75. The molecule has 2 rings (SSSR count). The molecule has 0 radical (unpaired) electrons. The maximum atomic E-state index is 9.82. The van der Waals surface area contributed by atoms with Crippen LogP contribution in [0.2, 0.25) is 5.02 Å². The number of rotatable bonds is 7. The molecule has 0 fully saturated rings. The predicted molar refractivity (Wildman–Crippen MR) is 96.4 cm³/mol. The second-order valence-corrected chi connectivity index (χ2v) is 5.58. The van der Waals surface area contributed by atoms with E-state index in [-0.39, 0.29) is 6.61 Å². The lowest BCUT2D eigenvalue weighted by molar-refractivity contribution is -0.159. The highest BCUT2D eigenvalue weighted by molar-refractivity contribution is 6.30. The van der Waals surface area contributed by atoms with Crippen LogP contribution in [0.1, 0.15) is 5.56 Å². The summed E-state index contributed by atoms with van der Waals surface area (Å²) in [7, 11) is 0. The zero-order valence-electron chi connectivity index (χ0n) is 13.8. The summed E-state index contributed by atoms with van der Waals surface area (Å²) >= 11 is 5.82. The number of para-hydroxylation sites is 1. The SMILES string of the molecule is O=C(O)C(=O)O.OC(CNCc1ccc(Cl)cc1)COc1ccccc1. The number of hydrogen-bond acceptors (Lipinski definition) is 5. The summed E-state index contributed by atoms with van der Waals surface area (Å²) < 4.78 is 5.48. The number of carboxylic acid groups (broad SMARTS) is 2. The maximum absolute atomic E-state index is 9.82. The largest absolute Gasteiger partial charge is 0.491 e. The van der Waals surface area contributed by atoms with E-state index in [1.165, 1.54) is 0 Å². The molecule has 1 unspecified atom stereocenters. The third kappa shape index (κ3) is 9.63. The molecule has 0 aliphatic rings. The molecule has 8 heteroatoms. The minimum absolute atomic E-state index is 0.275. The van der Waals surface area contributed by atoms with Gasteiger partial charge in [0, 0.05) is 18.1 Å². The van der Waals surface area contributed by atoms with Gasteiger partial charge in [0.1, 0.15) is 18.5 Å². The van der Waals surface area contributed by atoms with Crippen molar-refractivity contribution >= 4 is 23.5 Å². The highest BCUT2D eigenvalue weighted by Crippen LogP contribution is 2.10. The van der Waals surface area contributed by atoms with Crippen LogP contribution < -0.4 is 10.1 Å². The molecule has 0 aliphatic carbocycles. The minimum Gasteiger partial charge on any atom is -0.491 e. The summed E-state index contributed by atoms with van der Waals surface area (Å²) in [5, 5.41) is 28.5. The lowest BCUT2D eigenvalue weighted by Crippen LogP contribution is -2.31. The first kappa shape index (κ1) is 21.4. The average molecular weight is 382 g/mol. The summed E-state index contributed by atoms with van der Waals surface area (Å²) in [6.07, 6.45) is -0.539. The second-order valence-electron chi connectivity index (χ2n) is 5.15. The van der Waals surface area contributed by atoms with Crippen LogP contribution in [0.5, 0.6) is 5.75 Å². The van der Waals surface area contributed by atoms with Crippen LogP contribution in [0, 0.1) is 0 Å². The number of aliphatic hydroxyl groups excluding tert-OH is 1. The summed E-state index contributed by atoms with van der Waals surface area (Å²) in [6.45, 7) is 1.45. The van der Waals surface area contributed by atoms with Gasteiger partial charge < -0.3 is 25.4 Å². The number of ether oxygens (including phenoxy) is 1. The van der Waals surface area contributed by atoms with Gasteiger partial charge in [-0.1, -0.05) is 41.9 Å². The highest BCUT2D eigenvalue weighted by Gasteiger charge is 2.05. The van der Waals surface area contributed by atoms with E-state index < -0.39 is 18.0 Å². The zero-order chi connectivity index (χ0) is 19.4. The summed E-state index contributed by atoms with van der Waals surface area (Å²) in [5.41, 5.74) is 1.13. The van der Waals surface area contributed by atoms with Gasteiger partial charge in [0.05, 0.1) is 0 Å². The summed E-state index contributed by atoms with van der Waals surface area (Å²) in [4.78, 5) is 18.2. The van der Waals surface area contributed by atoms with Crippen LogP contribution >= 0.6 is 11.6 Å². The quantitative estimate of drug-likeness (QED) is 0.542. The van der Waals surface area contributed by atoms with Crippen LogP contribution in [0.15, 0.2) is 54.6 Å². The second kappa shape index (κ2) is 11.9. The zero-order valence-corrected chi connectivity index (χ0v) is 14.6. The molecule has 0 aliphatic heterocycles. The standard InChI is InChI=1S/C16H18ClNO2.C2H2O4/c17-14-8-6-13(7-9-14)10-18-11-15(19)12-20-16-4-2-1-3-5-16;3-1(4)2(5)6/h1-9,15,18-19H,10-12H2;(H,3,4)(H,5,6). The van der Waals surface area contributed by atoms with Crippen molar-refractivity contribution in [3.05, 3.63) is 65.2 Å². The van der Waals surface area contributed by atoms with E-state index in [1.54, 1.807) is 0 Å². The molecule has 0 spiro atoms. The third-order valence-electron chi connectivity index (χ3n) is 2.99. The Balaban J connectivity index is 0.000000487. The van der Waals surface area contributed by atoms with Gasteiger partial charge in [-0.25, -0.2) is 9.59 Å². The number of benzene rings is 2. The monoisotopic (exact) mass is 381 g/mol. The molecule has 4 N–H and O–H groups in total. The van der Waals surface area contributed by atoms with Crippen LogP contribution in [0.4, 0.5) is 0 Å². The molecule has 7 nitrogen and oxygen atoms in total. The minimum atomic E-state index is -1.82. The van der Waals surface area contributed by atoms with E-state index in [1.807, 2.05) is 54.6 Å². The molecule has 26 heavy (non-hydrogen) atoms.